The van der Waals surface area contributed by atoms with E-state index in [0.717, 1.165) is 38.9 Å². The van der Waals surface area contributed by atoms with Crippen molar-refractivity contribution in [1.29, 1.82) is 0 Å². The molecule has 1 N–H and O–H groups in total. The molecule has 0 amide bonds. The van der Waals surface area contributed by atoms with E-state index in [2.05, 4.69) is 6.92 Å². The summed E-state index contributed by atoms with van der Waals surface area (Å²) in [5, 5.41) is 8.87. The maximum Gasteiger partial charge on any atom is 0.0810 e. The highest BCUT2D eigenvalue weighted by Crippen LogP contribution is 2.21. The minimum atomic E-state index is 0.0793. The average molecular weight is 202 g/mol. The van der Waals surface area contributed by atoms with Crippen molar-refractivity contribution in [2.45, 2.75) is 51.2 Å². The van der Waals surface area contributed by atoms with E-state index in [1.807, 2.05) is 0 Å². The normalized spacial score (nSPS) is 27.0. The fourth-order valence-electron chi connectivity index (χ4n) is 1.69. The van der Waals surface area contributed by atoms with Gasteiger partial charge in [0.1, 0.15) is 0 Å². The first-order valence-corrected chi connectivity index (χ1v) is 5.71. The summed E-state index contributed by atoms with van der Waals surface area (Å²) in [6.45, 7) is 3.98. The van der Waals surface area contributed by atoms with E-state index in [9.17, 15) is 0 Å². The van der Waals surface area contributed by atoms with E-state index in [-0.39, 0.29) is 12.7 Å². The number of hydrogen-bond acceptors (Lipinski definition) is 3. The zero-order chi connectivity index (χ0) is 10.2. The van der Waals surface area contributed by atoms with Crippen molar-refractivity contribution in [1.82, 2.24) is 0 Å². The van der Waals surface area contributed by atoms with Crippen LogP contribution in [0, 0.1) is 0 Å². The van der Waals surface area contributed by atoms with Crippen LogP contribution in [0.4, 0.5) is 0 Å². The molecule has 1 fully saturated rings. The van der Waals surface area contributed by atoms with Crippen molar-refractivity contribution < 1.29 is 14.6 Å². The minimum absolute atomic E-state index is 0.0793. The molecule has 3 heteroatoms. The summed E-state index contributed by atoms with van der Waals surface area (Å²) in [5.74, 6) is 0. The summed E-state index contributed by atoms with van der Waals surface area (Å²) in [4.78, 5) is 0. The maximum absolute atomic E-state index is 8.87. The van der Waals surface area contributed by atoms with Crippen LogP contribution in [0.2, 0.25) is 0 Å². The van der Waals surface area contributed by atoms with Crippen LogP contribution in [-0.4, -0.2) is 37.1 Å². The molecule has 0 bridgehead atoms. The SMILES string of the molecule is CCCCOCC[C@H]1CC[C@H](CO)O1. The predicted molar refractivity (Wildman–Crippen MR) is 55.3 cm³/mol. The van der Waals surface area contributed by atoms with Gasteiger partial charge in [-0.25, -0.2) is 0 Å². The third kappa shape index (κ3) is 4.40. The molecule has 2 atom stereocenters. The number of aliphatic hydroxyl groups is 1. The first-order valence-electron chi connectivity index (χ1n) is 5.71. The summed E-state index contributed by atoms with van der Waals surface area (Å²) < 4.78 is 11.0. The van der Waals surface area contributed by atoms with Gasteiger partial charge in [-0.05, 0) is 25.7 Å². The number of hydrogen-bond donors (Lipinski definition) is 1. The van der Waals surface area contributed by atoms with Crippen molar-refractivity contribution in [2.24, 2.45) is 0 Å². The second-order valence-corrected chi connectivity index (χ2v) is 3.89. The van der Waals surface area contributed by atoms with Gasteiger partial charge in [0, 0.05) is 13.2 Å². The van der Waals surface area contributed by atoms with Crippen LogP contribution in [0.25, 0.3) is 0 Å². The zero-order valence-electron chi connectivity index (χ0n) is 9.08. The Labute approximate surface area is 86.4 Å². The van der Waals surface area contributed by atoms with E-state index in [0.29, 0.717) is 6.10 Å². The van der Waals surface area contributed by atoms with Crippen LogP contribution in [0.1, 0.15) is 39.0 Å². The van der Waals surface area contributed by atoms with Gasteiger partial charge in [-0.1, -0.05) is 13.3 Å². The Morgan fingerprint density at radius 3 is 2.71 bits per heavy atom. The lowest BCUT2D eigenvalue weighted by molar-refractivity contribution is -0.00497. The van der Waals surface area contributed by atoms with Gasteiger partial charge < -0.3 is 14.6 Å². The molecule has 0 aromatic carbocycles. The number of unbranched alkanes of at least 4 members (excludes halogenated alkanes) is 1. The van der Waals surface area contributed by atoms with Crippen LogP contribution in [0.5, 0.6) is 0 Å². The minimum Gasteiger partial charge on any atom is -0.394 e. The summed E-state index contributed by atoms with van der Waals surface area (Å²) in [7, 11) is 0. The van der Waals surface area contributed by atoms with E-state index >= 15 is 0 Å². The van der Waals surface area contributed by atoms with E-state index < -0.39 is 0 Å². The number of rotatable bonds is 7. The molecule has 3 nitrogen and oxygen atoms in total. The Kier molecular flexibility index (Phi) is 6.15. The highest BCUT2D eigenvalue weighted by molar-refractivity contribution is 4.72. The van der Waals surface area contributed by atoms with E-state index in [1.54, 1.807) is 0 Å². The lowest BCUT2D eigenvalue weighted by Crippen LogP contribution is -2.16. The van der Waals surface area contributed by atoms with E-state index in [1.165, 1.54) is 6.42 Å². The Hall–Kier alpha value is -0.120. The molecule has 1 heterocycles. The Morgan fingerprint density at radius 2 is 2.07 bits per heavy atom. The molecule has 1 aliphatic heterocycles. The molecule has 0 aromatic heterocycles. The molecule has 0 spiro atoms. The van der Waals surface area contributed by atoms with Gasteiger partial charge in [0.05, 0.1) is 18.8 Å². The lowest BCUT2D eigenvalue weighted by Gasteiger charge is -2.11. The Balaban J connectivity index is 1.92. The smallest absolute Gasteiger partial charge is 0.0810 e. The lowest BCUT2D eigenvalue weighted by atomic mass is 10.1. The van der Waals surface area contributed by atoms with Crippen molar-refractivity contribution in [3.63, 3.8) is 0 Å². The third-order valence-corrected chi connectivity index (χ3v) is 2.63. The molecule has 84 valence electrons. The molecule has 0 aliphatic carbocycles. The van der Waals surface area contributed by atoms with Gasteiger partial charge in [0.25, 0.3) is 0 Å². The average Bonchev–Trinajstić information content (AvgIpc) is 2.65. The molecule has 1 rings (SSSR count). The second-order valence-electron chi connectivity index (χ2n) is 3.89. The van der Waals surface area contributed by atoms with Crippen LogP contribution in [0.3, 0.4) is 0 Å². The van der Waals surface area contributed by atoms with Crippen molar-refractivity contribution in [2.75, 3.05) is 19.8 Å². The molecule has 0 aromatic rings. The molecule has 0 radical (unpaired) electrons. The molecule has 0 saturated carbocycles. The van der Waals surface area contributed by atoms with Crippen LogP contribution in [-0.2, 0) is 9.47 Å². The van der Waals surface area contributed by atoms with Crippen LogP contribution in [0.15, 0.2) is 0 Å². The van der Waals surface area contributed by atoms with Gasteiger partial charge in [-0.15, -0.1) is 0 Å². The molecular weight excluding hydrogens is 180 g/mol. The molecule has 1 aliphatic rings. The first-order chi connectivity index (χ1) is 6.86. The van der Waals surface area contributed by atoms with Crippen LogP contribution >= 0.6 is 0 Å². The molecule has 14 heavy (non-hydrogen) atoms. The number of ether oxygens (including phenoxy) is 2. The van der Waals surface area contributed by atoms with E-state index in [4.69, 9.17) is 14.6 Å². The van der Waals surface area contributed by atoms with Crippen molar-refractivity contribution in [3.8, 4) is 0 Å². The first kappa shape index (κ1) is 12.0. The molecule has 0 unspecified atom stereocenters. The highest BCUT2D eigenvalue weighted by Gasteiger charge is 2.23. The standard InChI is InChI=1S/C11H22O3/c1-2-3-7-13-8-6-10-4-5-11(9-12)14-10/h10-12H,2-9H2,1H3/t10-,11-/m1/s1. The Bertz CT molecular complexity index is 138. The molecule has 1 saturated heterocycles. The maximum atomic E-state index is 8.87. The zero-order valence-corrected chi connectivity index (χ0v) is 9.08. The van der Waals surface area contributed by atoms with Gasteiger partial charge in [-0.2, -0.15) is 0 Å². The summed E-state index contributed by atoms with van der Waals surface area (Å²) in [6, 6.07) is 0. The second kappa shape index (κ2) is 7.21. The van der Waals surface area contributed by atoms with Gasteiger partial charge in [-0.3, -0.25) is 0 Å². The monoisotopic (exact) mass is 202 g/mol. The fourth-order valence-corrected chi connectivity index (χ4v) is 1.69. The topological polar surface area (TPSA) is 38.7 Å². The largest absolute Gasteiger partial charge is 0.394 e. The van der Waals surface area contributed by atoms with Gasteiger partial charge in [0.15, 0.2) is 0 Å². The fraction of sp³-hybridized carbons (Fsp3) is 1.00. The molecular formula is C11H22O3. The highest BCUT2D eigenvalue weighted by atomic mass is 16.5. The van der Waals surface area contributed by atoms with Crippen molar-refractivity contribution >= 4 is 0 Å². The summed E-state index contributed by atoms with van der Waals surface area (Å²) in [5.41, 5.74) is 0. The van der Waals surface area contributed by atoms with Crippen molar-refractivity contribution in [3.05, 3.63) is 0 Å². The predicted octanol–water partition coefficient (Wildman–Crippen LogP) is 1.73. The Morgan fingerprint density at radius 1 is 1.29 bits per heavy atom. The number of aliphatic hydroxyl groups excluding tert-OH is 1. The summed E-state index contributed by atoms with van der Waals surface area (Å²) >= 11 is 0. The van der Waals surface area contributed by atoms with Gasteiger partial charge in [0.2, 0.25) is 0 Å². The summed E-state index contributed by atoms with van der Waals surface area (Å²) in [6.07, 6.45) is 5.76. The third-order valence-electron chi connectivity index (χ3n) is 2.63. The van der Waals surface area contributed by atoms with Crippen LogP contribution < -0.4 is 0 Å². The quantitative estimate of drug-likeness (QED) is 0.639. The van der Waals surface area contributed by atoms with Gasteiger partial charge >= 0.3 is 0 Å².